The van der Waals surface area contributed by atoms with Crippen molar-refractivity contribution in [1.29, 1.82) is 0 Å². The molecule has 1 aromatic heterocycles. The highest BCUT2D eigenvalue weighted by atomic mass is 16.7. The number of amides is 1. The Kier molecular flexibility index (Phi) is 5.08. The standard InChI is InChI=1S/C23H23N3O3/c1-14(2)18-6-4-5-15(3)22(18)25-17-7-9-19(24-12-17)23(27)26-16-8-10-20-21(11-16)29-13-28-20/h4-12,14,25H,13H2,1-3H3,(H,26,27). The van der Waals surface area contributed by atoms with Crippen LogP contribution in [-0.2, 0) is 0 Å². The normalized spacial score (nSPS) is 12.1. The lowest BCUT2D eigenvalue weighted by Crippen LogP contribution is -2.13. The maximum Gasteiger partial charge on any atom is 0.274 e. The lowest BCUT2D eigenvalue weighted by Gasteiger charge is -2.17. The van der Waals surface area contributed by atoms with E-state index in [9.17, 15) is 4.79 Å². The van der Waals surface area contributed by atoms with E-state index in [4.69, 9.17) is 9.47 Å². The molecule has 2 N–H and O–H groups in total. The summed E-state index contributed by atoms with van der Waals surface area (Å²) in [4.78, 5) is 16.8. The van der Waals surface area contributed by atoms with E-state index in [1.165, 1.54) is 11.1 Å². The summed E-state index contributed by atoms with van der Waals surface area (Å²) in [7, 11) is 0. The van der Waals surface area contributed by atoms with Crippen molar-refractivity contribution in [2.24, 2.45) is 0 Å². The van der Waals surface area contributed by atoms with Crippen LogP contribution in [0.25, 0.3) is 0 Å². The number of aryl methyl sites for hydroxylation is 1. The molecule has 148 valence electrons. The van der Waals surface area contributed by atoms with Gasteiger partial charge in [0.1, 0.15) is 5.69 Å². The predicted octanol–water partition coefficient (Wildman–Crippen LogP) is 5.24. The number of para-hydroxylation sites is 1. The number of carbonyl (C=O) groups is 1. The van der Waals surface area contributed by atoms with Gasteiger partial charge in [0.15, 0.2) is 11.5 Å². The molecule has 0 atom stereocenters. The van der Waals surface area contributed by atoms with Crippen molar-refractivity contribution < 1.29 is 14.3 Å². The molecule has 0 saturated heterocycles. The Labute approximate surface area is 169 Å². The topological polar surface area (TPSA) is 72.5 Å². The largest absolute Gasteiger partial charge is 0.454 e. The molecule has 1 aliphatic heterocycles. The molecule has 1 amide bonds. The Hall–Kier alpha value is -3.54. The van der Waals surface area contributed by atoms with E-state index in [1.54, 1.807) is 30.5 Å². The van der Waals surface area contributed by atoms with Crippen LogP contribution < -0.4 is 20.1 Å². The molecule has 0 unspecified atom stereocenters. The van der Waals surface area contributed by atoms with Gasteiger partial charge < -0.3 is 20.1 Å². The average molecular weight is 389 g/mol. The summed E-state index contributed by atoms with van der Waals surface area (Å²) in [6.45, 7) is 6.61. The third-order valence-electron chi connectivity index (χ3n) is 4.82. The van der Waals surface area contributed by atoms with Gasteiger partial charge in [0.2, 0.25) is 6.79 Å². The second kappa shape index (κ2) is 7.83. The number of nitrogens with zero attached hydrogens (tertiary/aromatic N) is 1. The maximum atomic E-state index is 12.5. The Morgan fingerprint density at radius 2 is 1.83 bits per heavy atom. The summed E-state index contributed by atoms with van der Waals surface area (Å²) >= 11 is 0. The lowest BCUT2D eigenvalue weighted by atomic mass is 9.98. The SMILES string of the molecule is Cc1cccc(C(C)C)c1Nc1ccc(C(=O)Nc2ccc3c(c2)OCO3)nc1. The first-order valence-corrected chi connectivity index (χ1v) is 9.55. The Morgan fingerprint density at radius 3 is 2.59 bits per heavy atom. The molecular weight excluding hydrogens is 366 g/mol. The quantitative estimate of drug-likeness (QED) is 0.624. The number of benzene rings is 2. The number of hydrogen-bond acceptors (Lipinski definition) is 5. The first kappa shape index (κ1) is 18.8. The van der Waals surface area contributed by atoms with E-state index in [2.05, 4.69) is 54.6 Å². The number of anilines is 3. The minimum atomic E-state index is -0.283. The van der Waals surface area contributed by atoms with Gasteiger partial charge in [-0.2, -0.15) is 0 Å². The van der Waals surface area contributed by atoms with Crippen LogP contribution in [0.4, 0.5) is 17.1 Å². The fraction of sp³-hybridized carbons (Fsp3) is 0.217. The Morgan fingerprint density at radius 1 is 1.03 bits per heavy atom. The second-order valence-corrected chi connectivity index (χ2v) is 7.27. The number of ether oxygens (including phenoxy) is 2. The van der Waals surface area contributed by atoms with Crippen molar-refractivity contribution in [2.75, 3.05) is 17.4 Å². The molecule has 6 heteroatoms. The van der Waals surface area contributed by atoms with Gasteiger partial charge in [0.05, 0.1) is 11.9 Å². The van der Waals surface area contributed by atoms with E-state index in [1.807, 2.05) is 6.07 Å². The van der Waals surface area contributed by atoms with Gasteiger partial charge in [-0.15, -0.1) is 0 Å². The van der Waals surface area contributed by atoms with E-state index in [-0.39, 0.29) is 12.7 Å². The summed E-state index contributed by atoms with van der Waals surface area (Å²) in [6.07, 6.45) is 1.67. The van der Waals surface area contributed by atoms with Gasteiger partial charge >= 0.3 is 0 Å². The van der Waals surface area contributed by atoms with Gasteiger partial charge in [-0.05, 0) is 48.2 Å². The van der Waals surface area contributed by atoms with Crippen LogP contribution in [0.5, 0.6) is 11.5 Å². The average Bonchev–Trinajstić information content (AvgIpc) is 3.17. The fourth-order valence-electron chi connectivity index (χ4n) is 3.26. The first-order chi connectivity index (χ1) is 14.0. The predicted molar refractivity (Wildman–Crippen MR) is 113 cm³/mol. The molecule has 0 fully saturated rings. The van der Waals surface area contributed by atoms with Crippen molar-refractivity contribution in [3.63, 3.8) is 0 Å². The van der Waals surface area contributed by atoms with Crippen LogP contribution in [0.15, 0.2) is 54.7 Å². The number of hydrogen-bond donors (Lipinski definition) is 2. The van der Waals surface area contributed by atoms with Crippen molar-refractivity contribution in [3.8, 4) is 11.5 Å². The van der Waals surface area contributed by atoms with E-state index < -0.39 is 0 Å². The highest BCUT2D eigenvalue weighted by molar-refractivity contribution is 6.03. The minimum absolute atomic E-state index is 0.197. The summed E-state index contributed by atoms with van der Waals surface area (Å²) in [5.74, 6) is 1.41. The maximum absolute atomic E-state index is 12.5. The van der Waals surface area contributed by atoms with Crippen LogP contribution >= 0.6 is 0 Å². The Bertz CT molecular complexity index is 1050. The molecule has 0 spiro atoms. The summed E-state index contributed by atoms with van der Waals surface area (Å²) < 4.78 is 10.6. The van der Waals surface area contributed by atoms with Crippen LogP contribution in [0.2, 0.25) is 0 Å². The second-order valence-electron chi connectivity index (χ2n) is 7.27. The van der Waals surface area contributed by atoms with Gasteiger partial charge in [-0.1, -0.05) is 32.0 Å². The Balaban J connectivity index is 1.48. The number of aromatic nitrogens is 1. The van der Waals surface area contributed by atoms with Crippen molar-refractivity contribution in [1.82, 2.24) is 4.98 Å². The van der Waals surface area contributed by atoms with Crippen LogP contribution in [-0.4, -0.2) is 17.7 Å². The highest BCUT2D eigenvalue weighted by Crippen LogP contribution is 2.34. The number of carbonyl (C=O) groups excluding carboxylic acids is 1. The summed E-state index contributed by atoms with van der Waals surface area (Å²) in [6, 6.07) is 15.1. The molecule has 1 aliphatic rings. The molecule has 0 bridgehead atoms. The number of rotatable bonds is 5. The van der Waals surface area contributed by atoms with E-state index in [0.29, 0.717) is 28.8 Å². The summed E-state index contributed by atoms with van der Waals surface area (Å²) in [5.41, 5.74) is 5.30. The third-order valence-corrected chi connectivity index (χ3v) is 4.82. The van der Waals surface area contributed by atoms with Crippen LogP contribution in [0, 0.1) is 6.92 Å². The van der Waals surface area contributed by atoms with Crippen LogP contribution in [0.3, 0.4) is 0 Å². The van der Waals surface area contributed by atoms with Gasteiger partial charge in [0.25, 0.3) is 5.91 Å². The molecule has 6 nitrogen and oxygen atoms in total. The summed E-state index contributed by atoms with van der Waals surface area (Å²) in [5, 5.41) is 6.27. The zero-order valence-electron chi connectivity index (χ0n) is 16.7. The molecule has 3 aromatic rings. The molecule has 2 aromatic carbocycles. The number of nitrogens with one attached hydrogen (secondary N) is 2. The molecule has 29 heavy (non-hydrogen) atoms. The third kappa shape index (κ3) is 4.01. The van der Waals surface area contributed by atoms with E-state index in [0.717, 1.165) is 11.4 Å². The first-order valence-electron chi connectivity index (χ1n) is 9.55. The monoisotopic (exact) mass is 389 g/mol. The van der Waals surface area contributed by atoms with E-state index >= 15 is 0 Å². The molecule has 4 rings (SSSR count). The van der Waals surface area contributed by atoms with Crippen molar-refractivity contribution in [3.05, 3.63) is 71.5 Å². The van der Waals surface area contributed by atoms with Crippen LogP contribution in [0.1, 0.15) is 41.4 Å². The minimum Gasteiger partial charge on any atom is -0.454 e. The fourth-order valence-corrected chi connectivity index (χ4v) is 3.26. The zero-order chi connectivity index (χ0) is 20.4. The van der Waals surface area contributed by atoms with Gasteiger partial charge in [-0.3, -0.25) is 4.79 Å². The molecule has 0 aliphatic carbocycles. The number of pyridine rings is 1. The molecule has 0 saturated carbocycles. The number of fused-ring (bicyclic) bond motifs is 1. The smallest absolute Gasteiger partial charge is 0.274 e. The highest BCUT2D eigenvalue weighted by Gasteiger charge is 2.15. The molecule has 2 heterocycles. The van der Waals surface area contributed by atoms with Crippen molar-refractivity contribution >= 4 is 23.0 Å². The lowest BCUT2D eigenvalue weighted by molar-refractivity contribution is 0.102. The van der Waals surface area contributed by atoms with Gasteiger partial charge in [0, 0.05) is 17.4 Å². The zero-order valence-corrected chi connectivity index (χ0v) is 16.7. The molecule has 0 radical (unpaired) electrons. The van der Waals surface area contributed by atoms with Gasteiger partial charge in [-0.25, -0.2) is 4.98 Å². The van der Waals surface area contributed by atoms with Crippen molar-refractivity contribution in [2.45, 2.75) is 26.7 Å². The molecular formula is C23H23N3O3.